The van der Waals surface area contributed by atoms with Gasteiger partial charge in [-0.05, 0) is 31.5 Å². The smallest absolute Gasteiger partial charge is 0.270 e. The molecule has 0 aliphatic heterocycles. The Morgan fingerprint density at radius 3 is 2.68 bits per heavy atom. The Kier molecular flexibility index (Phi) is 6.64. The number of nitro benzene ring substituents is 1. The molecule has 28 heavy (non-hydrogen) atoms. The average molecular weight is 416 g/mol. The molecule has 0 fully saturated rings. The van der Waals surface area contributed by atoms with Crippen LogP contribution in [0.4, 0.5) is 5.69 Å². The molecule has 2 aromatic carbocycles. The lowest BCUT2D eigenvalue weighted by molar-refractivity contribution is -0.384. The zero-order valence-corrected chi connectivity index (χ0v) is 17.4. The number of hydrogen-bond donors (Lipinski definition) is 0. The molecule has 3 aromatic rings. The molecule has 0 atom stereocenters. The molecule has 146 valence electrons. The van der Waals surface area contributed by atoms with Gasteiger partial charge in [-0.1, -0.05) is 36.0 Å². The van der Waals surface area contributed by atoms with Crippen molar-refractivity contribution in [2.24, 2.45) is 4.99 Å². The van der Waals surface area contributed by atoms with Crippen molar-refractivity contribution in [3.05, 3.63) is 62.9 Å². The first-order valence-corrected chi connectivity index (χ1v) is 10.8. The van der Waals surface area contributed by atoms with Gasteiger partial charge in [-0.25, -0.2) is 0 Å². The average Bonchev–Trinajstić information content (AvgIpc) is 3.00. The number of thioether (sulfide) groups is 1. The van der Waals surface area contributed by atoms with Crippen LogP contribution in [-0.2, 0) is 11.3 Å². The number of amides is 1. The third-order valence-electron chi connectivity index (χ3n) is 4.15. The van der Waals surface area contributed by atoms with Crippen LogP contribution in [0.1, 0.15) is 25.3 Å². The van der Waals surface area contributed by atoms with Crippen molar-refractivity contribution < 1.29 is 9.72 Å². The molecule has 0 aliphatic rings. The second-order valence-electron chi connectivity index (χ2n) is 6.36. The van der Waals surface area contributed by atoms with Gasteiger partial charge in [-0.3, -0.25) is 14.9 Å². The van der Waals surface area contributed by atoms with Crippen LogP contribution >= 0.6 is 23.1 Å². The van der Waals surface area contributed by atoms with Crippen molar-refractivity contribution in [1.82, 2.24) is 4.57 Å². The molecule has 1 heterocycles. The van der Waals surface area contributed by atoms with E-state index in [9.17, 15) is 14.9 Å². The predicted molar refractivity (Wildman–Crippen MR) is 114 cm³/mol. The van der Waals surface area contributed by atoms with Gasteiger partial charge in [-0.2, -0.15) is 4.99 Å². The Morgan fingerprint density at radius 2 is 2.00 bits per heavy atom. The SMILES string of the molecule is CCCn1c(=NC(=O)CCSc2ccc(C)cc2)sc2cc([N+](=O)[O-])ccc21. The van der Waals surface area contributed by atoms with E-state index in [4.69, 9.17) is 0 Å². The molecular formula is C20H21N3O3S2. The van der Waals surface area contributed by atoms with Crippen LogP contribution in [0.5, 0.6) is 0 Å². The van der Waals surface area contributed by atoms with Crippen molar-refractivity contribution in [3.63, 3.8) is 0 Å². The summed E-state index contributed by atoms with van der Waals surface area (Å²) in [4.78, 5) is 29.0. The summed E-state index contributed by atoms with van der Waals surface area (Å²) in [6.07, 6.45) is 1.23. The highest BCUT2D eigenvalue weighted by Gasteiger charge is 2.12. The van der Waals surface area contributed by atoms with E-state index in [-0.39, 0.29) is 11.6 Å². The fourth-order valence-electron chi connectivity index (χ4n) is 2.75. The molecule has 0 bridgehead atoms. The highest BCUT2D eigenvalue weighted by atomic mass is 32.2. The third kappa shape index (κ3) is 4.88. The Morgan fingerprint density at radius 1 is 1.25 bits per heavy atom. The molecule has 6 nitrogen and oxygen atoms in total. The second-order valence-corrected chi connectivity index (χ2v) is 8.54. The molecule has 0 aliphatic carbocycles. The standard InChI is InChI=1S/C20H21N3O3S2/c1-3-11-22-17-9-6-15(23(25)26)13-18(17)28-20(22)21-19(24)10-12-27-16-7-4-14(2)5-8-16/h4-9,13H,3,10-12H2,1-2H3. The van der Waals surface area contributed by atoms with Gasteiger partial charge in [0.05, 0.1) is 15.1 Å². The number of nitrogens with zero attached hydrogens (tertiary/aromatic N) is 3. The summed E-state index contributed by atoms with van der Waals surface area (Å²) in [6, 6.07) is 13.0. The highest BCUT2D eigenvalue weighted by Crippen LogP contribution is 2.24. The van der Waals surface area contributed by atoms with Gasteiger partial charge in [0.1, 0.15) is 0 Å². The number of nitro groups is 1. The van der Waals surface area contributed by atoms with Gasteiger partial charge in [0.15, 0.2) is 4.80 Å². The maximum atomic E-state index is 12.4. The Labute approximate surface area is 171 Å². The Hall–Kier alpha value is -2.45. The molecule has 1 aromatic heterocycles. The number of hydrogen-bond acceptors (Lipinski definition) is 5. The zero-order chi connectivity index (χ0) is 20.1. The van der Waals surface area contributed by atoms with E-state index in [1.807, 2.05) is 18.4 Å². The van der Waals surface area contributed by atoms with Crippen LogP contribution in [0.25, 0.3) is 10.2 Å². The van der Waals surface area contributed by atoms with Crippen molar-refractivity contribution >= 4 is 44.9 Å². The summed E-state index contributed by atoms with van der Waals surface area (Å²) in [5, 5.41) is 11.0. The number of thiazole rings is 1. The molecule has 0 radical (unpaired) electrons. The molecular weight excluding hydrogens is 394 g/mol. The third-order valence-corrected chi connectivity index (χ3v) is 6.21. The lowest BCUT2D eigenvalue weighted by atomic mass is 10.2. The normalized spacial score (nSPS) is 11.9. The van der Waals surface area contributed by atoms with E-state index in [2.05, 4.69) is 29.3 Å². The second kappa shape index (κ2) is 9.16. The highest BCUT2D eigenvalue weighted by molar-refractivity contribution is 7.99. The lowest BCUT2D eigenvalue weighted by Gasteiger charge is -2.02. The summed E-state index contributed by atoms with van der Waals surface area (Å²) in [5.41, 5.74) is 2.13. The molecule has 3 rings (SSSR count). The molecule has 0 saturated carbocycles. The molecule has 0 N–H and O–H groups in total. The van der Waals surface area contributed by atoms with E-state index in [0.29, 0.717) is 23.5 Å². The monoisotopic (exact) mass is 415 g/mol. The van der Waals surface area contributed by atoms with Gasteiger partial charge in [0.25, 0.3) is 5.69 Å². The van der Waals surface area contributed by atoms with Crippen LogP contribution in [0.15, 0.2) is 52.4 Å². The van der Waals surface area contributed by atoms with E-state index in [0.717, 1.165) is 21.5 Å². The summed E-state index contributed by atoms with van der Waals surface area (Å²) in [5.74, 6) is 0.487. The minimum atomic E-state index is -0.409. The van der Waals surface area contributed by atoms with Gasteiger partial charge in [0.2, 0.25) is 5.91 Å². The molecule has 0 saturated heterocycles. The quantitative estimate of drug-likeness (QED) is 0.311. The van der Waals surface area contributed by atoms with E-state index in [1.54, 1.807) is 23.9 Å². The first kappa shape index (κ1) is 20.3. The first-order chi connectivity index (χ1) is 13.5. The number of carbonyl (C=O) groups excluding carboxylic acids is 1. The van der Waals surface area contributed by atoms with Crippen molar-refractivity contribution in [2.45, 2.75) is 38.1 Å². The topological polar surface area (TPSA) is 77.5 Å². The van der Waals surface area contributed by atoms with Crippen molar-refractivity contribution in [1.29, 1.82) is 0 Å². The van der Waals surface area contributed by atoms with E-state index >= 15 is 0 Å². The Bertz CT molecular complexity index is 1070. The van der Waals surface area contributed by atoms with Crippen LogP contribution in [0.3, 0.4) is 0 Å². The number of non-ortho nitro benzene ring substituents is 1. The number of aromatic nitrogens is 1. The van der Waals surface area contributed by atoms with Gasteiger partial charge in [0, 0.05) is 35.7 Å². The number of rotatable bonds is 7. The maximum Gasteiger partial charge on any atom is 0.270 e. The van der Waals surface area contributed by atoms with E-state index in [1.165, 1.54) is 23.0 Å². The number of benzene rings is 2. The van der Waals surface area contributed by atoms with Crippen LogP contribution in [0.2, 0.25) is 0 Å². The minimum absolute atomic E-state index is 0.0461. The largest absolute Gasteiger partial charge is 0.316 e. The number of fused-ring (bicyclic) bond motifs is 1. The zero-order valence-electron chi connectivity index (χ0n) is 15.8. The van der Waals surface area contributed by atoms with Crippen molar-refractivity contribution in [3.8, 4) is 0 Å². The minimum Gasteiger partial charge on any atom is -0.316 e. The van der Waals surface area contributed by atoms with Crippen LogP contribution in [-0.4, -0.2) is 21.2 Å². The molecule has 0 unspecified atom stereocenters. The summed E-state index contributed by atoms with van der Waals surface area (Å²) < 4.78 is 2.73. The molecule has 8 heteroatoms. The van der Waals surface area contributed by atoms with Gasteiger partial charge in [-0.15, -0.1) is 11.8 Å². The summed E-state index contributed by atoms with van der Waals surface area (Å²) >= 11 is 2.95. The first-order valence-electron chi connectivity index (χ1n) is 9.02. The Balaban J connectivity index is 1.78. The van der Waals surface area contributed by atoms with Crippen LogP contribution in [0, 0.1) is 17.0 Å². The van der Waals surface area contributed by atoms with Gasteiger partial charge >= 0.3 is 0 Å². The summed E-state index contributed by atoms with van der Waals surface area (Å²) in [6.45, 7) is 4.80. The number of aryl methyl sites for hydroxylation is 2. The van der Waals surface area contributed by atoms with Crippen molar-refractivity contribution in [2.75, 3.05) is 5.75 Å². The van der Waals surface area contributed by atoms with Crippen LogP contribution < -0.4 is 4.80 Å². The summed E-state index contributed by atoms with van der Waals surface area (Å²) in [7, 11) is 0. The number of carbonyl (C=O) groups is 1. The predicted octanol–water partition coefficient (Wildman–Crippen LogP) is 4.94. The van der Waals surface area contributed by atoms with E-state index < -0.39 is 4.92 Å². The lowest BCUT2D eigenvalue weighted by Crippen LogP contribution is -2.16. The maximum absolute atomic E-state index is 12.4. The van der Waals surface area contributed by atoms with Gasteiger partial charge < -0.3 is 4.57 Å². The molecule has 0 spiro atoms. The fraction of sp³-hybridized carbons (Fsp3) is 0.300. The molecule has 1 amide bonds. The fourth-order valence-corrected chi connectivity index (χ4v) is 4.70.